The third-order valence-electron chi connectivity index (χ3n) is 9.13. The average Bonchev–Trinajstić information content (AvgIpc) is 3.92. The Bertz CT molecular complexity index is 2090. The fourth-order valence-electron chi connectivity index (χ4n) is 6.30. The summed E-state index contributed by atoms with van der Waals surface area (Å²) in [5.74, 6) is 2.69. The van der Waals surface area contributed by atoms with Gasteiger partial charge in [-0.1, -0.05) is 22.0 Å². The highest BCUT2D eigenvalue weighted by Crippen LogP contribution is 2.43. The number of hydrogen-bond donors (Lipinski definition) is 0. The molecule has 0 radical (unpaired) electrons. The summed E-state index contributed by atoms with van der Waals surface area (Å²) in [6, 6.07) is 13.4. The summed E-state index contributed by atoms with van der Waals surface area (Å²) in [6.07, 6.45) is -1.25. The summed E-state index contributed by atoms with van der Waals surface area (Å²) < 4.78 is 87.7. The molecule has 0 aliphatic heterocycles. The van der Waals surface area contributed by atoms with Crippen molar-refractivity contribution in [3.05, 3.63) is 80.7 Å². The second-order valence-electron chi connectivity index (χ2n) is 13.1. The van der Waals surface area contributed by atoms with E-state index in [1.165, 1.54) is 0 Å². The van der Waals surface area contributed by atoms with Crippen LogP contribution in [0.15, 0.2) is 57.9 Å². The van der Waals surface area contributed by atoms with Crippen LogP contribution in [0.25, 0.3) is 33.2 Å². The summed E-state index contributed by atoms with van der Waals surface area (Å²) in [5.41, 5.74) is 5.91. The van der Waals surface area contributed by atoms with Crippen molar-refractivity contribution < 1.29 is 35.8 Å². The Morgan fingerprint density at radius 1 is 0.720 bits per heavy atom. The van der Waals surface area contributed by atoms with Gasteiger partial charge in [-0.05, 0) is 92.0 Å². The predicted octanol–water partition coefficient (Wildman–Crippen LogP) is 8.91. The molecule has 0 unspecified atom stereocenters. The molecule has 8 nitrogen and oxygen atoms in total. The molecule has 2 aromatic carbocycles. The first-order valence-electron chi connectivity index (χ1n) is 16.5. The Kier molecular flexibility index (Phi) is 9.35. The summed E-state index contributed by atoms with van der Waals surface area (Å²) in [5, 5.41) is 0. The van der Waals surface area contributed by atoms with Crippen molar-refractivity contribution in [2.45, 2.75) is 82.1 Å². The Morgan fingerprint density at radius 2 is 1.22 bits per heavy atom. The van der Waals surface area contributed by atoms with Gasteiger partial charge >= 0.3 is 12.7 Å². The van der Waals surface area contributed by atoms with E-state index in [4.69, 9.17) is 0 Å². The molecule has 266 valence electrons. The number of fused-ring (bicyclic) bond motifs is 2. The number of benzene rings is 2. The van der Waals surface area contributed by atoms with Crippen LogP contribution in [0.4, 0.5) is 26.3 Å². The van der Waals surface area contributed by atoms with Gasteiger partial charge in [-0.25, -0.2) is 9.97 Å². The van der Waals surface area contributed by atoms with Crippen LogP contribution in [-0.4, -0.2) is 49.6 Å². The van der Waals surface area contributed by atoms with Gasteiger partial charge in [-0.2, -0.15) is 0 Å². The molecule has 3 saturated carbocycles. The van der Waals surface area contributed by atoms with Crippen LogP contribution in [0, 0.1) is 0 Å². The predicted molar refractivity (Wildman–Crippen MR) is 178 cm³/mol. The summed E-state index contributed by atoms with van der Waals surface area (Å²) in [4.78, 5) is 21.6. The van der Waals surface area contributed by atoms with Gasteiger partial charge in [0.05, 0.1) is 35.3 Å². The number of halogens is 7. The van der Waals surface area contributed by atoms with Crippen molar-refractivity contribution in [2.24, 2.45) is 7.05 Å². The zero-order valence-electron chi connectivity index (χ0n) is 27.0. The van der Waals surface area contributed by atoms with Gasteiger partial charge in [0.1, 0.15) is 11.6 Å². The molecule has 15 heteroatoms. The highest BCUT2D eigenvalue weighted by Gasteiger charge is 2.33. The quantitative estimate of drug-likeness (QED) is 0.133. The molecular formula is C35H34BrF6N5O3. The molecule has 0 spiro atoms. The van der Waals surface area contributed by atoms with Crippen LogP contribution in [0.5, 0.6) is 0 Å². The van der Waals surface area contributed by atoms with E-state index in [2.05, 4.69) is 35.4 Å². The summed E-state index contributed by atoms with van der Waals surface area (Å²) >= 11 is 3.38. The molecule has 3 aliphatic rings. The lowest BCUT2D eigenvalue weighted by Crippen LogP contribution is -2.20. The zero-order valence-corrected chi connectivity index (χ0v) is 28.6. The van der Waals surface area contributed by atoms with Crippen LogP contribution in [0.2, 0.25) is 0 Å². The van der Waals surface area contributed by atoms with Gasteiger partial charge in [0.2, 0.25) is 0 Å². The van der Waals surface area contributed by atoms with Crippen molar-refractivity contribution >= 4 is 38.0 Å². The van der Waals surface area contributed by atoms with E-state index in [1.807, 2.05) is 57.8 Å². The van der Waals surface area contributed by atoms with Gasteiger partial charge < -0.3 is 13.7 Å². The van der Waals surface area contributed by atoms with Crippen molar-refractivity contribution in [1.29, 1.82) is 0 Å². The maximum absolute atomic E-state index is 12.5. The third-order valence-corrected chi connectivity index (χ3v) is 9.62. The SMILES string of the molecule is Cn1cc(-c2ccc3nc(C4CC4)n(CCOC(F)(F)F)c3c2)cc(C2CC2)c1=O.FC(F)(F)OCCn1c(C2CC2)nc2ccc(Br)cc21. The van der Waals surface area contributed by atoms with Crippen LogP contribution >= 0.6 is 15.9 Å². The molecule has 0 atom stereocenters. The maximum Gasteiger partial charge on any atom is 0.522 e. The first kappa shape index (κ1) is 34.7. The van der Waals surface area contributed by atoms with E-state index in [1.54, 1.807) is 11.6 Å². The van der Waals surface area contributed by atoms with Crippen LogP contribution in [0.3, 0.4) is 0 Å². The van der Waals surface area contributed by atoms with Gasteiger partial charge in [0.25, 0.3) is 5.56 Å². The molecule has 0 saturated heterocycles. The van der Waals surface area contributed by atoms with Crippen LogP contribution in [-0.2, 0) is 29.6 Å². The van der Waals surface area contributed by atoms with Crippen molar-refractivity contribution in [3.8, 4) is 11.1 Å². The molecule has 3 aromatic heterocycles. The largest absolute Gasteiger partial charge is 0.522 e. The van der Waals surface area contributed by atoms with E-state index < -0.39 is 25.9 Å². The summed E-state index contributed by atoms with van der Waals surface area (Å²) in [6.45, 7) is -0.615. The molecule has 3 fully saturated rings. The van der Waals surface area contributed by atoms with Crippen molar-refractivity contribution in [3.63, 3.8) is 0 Å². The zero-order chi connectivity index (χ0) is 35.4. The number of aryl methyl sites for hydroxylation is 1. The normalized spacial score (nSPS) is 16.6. The Labute approximate surface area is 291 Å². The topological polar surface area (TPSA) is 76.1 Å². The first-order valence-corrected chi connectivity index (χ1v) is 17.3. The number of imidazole rings is 2. The molecule has 5 aromatic rings. The first-order chi connectivity index (χ1) is 23.7. The minimum atomic E-state index is -4.64. The van der Waals surface area contributed by atoms with E-state index in [9.17, 15) is 31.1 Å². The molecule has 0 bridgehead atoms. The molecule has 8 rings (SSSR count). The van der Waals surface area contributed by atoms with E-state index in [0.29, 0.717) is 17.8 Å². The standard InChI is InChI=1S/C22H22F3N3O2.C13H12BrF3N2O/c1-27-12-16(10-17(21(27)29)13-2-3-13)15-6-7-18-19(11-15)28(8-9-30-22(23,24)25)20(26-18)14-4-5-14;14-9-3-4-10-11(7-9)19(5-6-20-13(15,16)17)12(18-10)8-1-2-8/h6-7,10-14H,2-5,8-9H2,1H3;3-4,7-8H,1-2,5-6H2. The Morgan fingerprint density at radius 3 is 1.72 bits per heavy atom. The van der Waals surface area contributed by atoms with Crippen molar-refractivity contribution in [2.75, 3.05) is 13.2 Å². The number of aromatic nitrogens is 5. The van der Waals surface area contributed by atoms with Gasteiger partial charge in [-0.15, -0.1) is 26.3 Å². The average molecular weight is 767 g/mol. The fraction of sp³-hybridized carbons (Fsp3) is 0.457. The summed E-state index contributed by atoms with van der Waals surface area (Å²) in [7, 11) is 1.75. The smallest absolute Gasteiger partial charge is 0.325 e. The fourth-order valence-corrected chi connectivity index (χ4v) is 6.65. The molecule has 3 heterocycles. The second-order valence-corrected chi connectivity index (χ2v) is 14.0. The molecular weight excluding hydrogens is 732 g/mol. The van der Waals surface area contributed by atoms with Gasteiger partial charge in [0, 0.05) is 48.2 Å². The van der Waals surface area contributed by atoms with E-state index in [-0.39, 0.29) is 18.6 Å². The number of ether oxygens (including phenoxy) is 2. The lowest BCUT2D eigenvalue weighted by molar-refractivity contribution is -0.326. The monoisotopic (exact) mass is 765 g/mol. The number of alkyl halides is 6. The number of pyridine rings is 1. The molecule has 0 N–H and O–H groups in total. The minimum absolute atomic E-state index is 0.0349. The van der Waals surface area contributed by atoms with Crippen molar-refractivity contribution in [1.82, 2.24) is 23.7 Å². The third kappa shape index (κ3) is 8.10. The number of rotatable bonds is 10. The van der Waals surface area contributed by atoms with Crippen LogP contribution in [0.1, 0.15) is 73.5 Å². The number of nitrogens with zero attached hydrogens (tertiary/aromatic N) is 5. The van der Waals surface area contributed by atoms with Gasteiger partial charge in [0.15, 0.2) is 0 Å². The number of hydrogen-bond acceptors (Lipinski definition) is 5. The maximum atomic E-state index is 12.5. The van der Waals surface area contributed by atoms with E-state index >= 15 is 0 Å². The highest BCUT2D eigenvalue weighted by molar-refractivity contribution is 9.10. The molecule has 50 heavy (non-hydrogen) atoms. The van der Waals surface area contributed by atoms with Gasteiger partial charge in [-0.3, -0.25) is 14.3 Å². The molecule has 3 aliphatic carbocycles. The lowest BCUT2D eigenvalue weighted by Gasteiger charge is -2.12. The minimum Gasteiger partial charge on any atom is -0.325 e. The van der Waals surface area contributed by atoms with E-state index in [0.717, 1.165) is 93.4 Å². The lowest BCUT2D eigenvalue weighted by atomic mass is 10.0. The van der Waals surface area contributed by atoms with Crippen LogP contribution < -0.4 is 5.56 Å². The Hall–Kier alpha value is -3.69. The Balaban J connectivity index is 0.000000170. The second kappa shape index (κ2) is 13.5. The molecule has 0 amide bonds. The highest BCUT2D eigenvalue weighted by atomic mass is 79.9.